The van der Waals surface area contributed by atoms with Gasteiger partial charge in [0.25, 0.3) is 0 Å². The maximum Gasteiger partial charge on any atom is 0.230 e. The third-order valence-corrected chi connectivity index (χ3v) is 4.70. The molecule has 0 fully saturated rings. The molecule has 6 heteroatoms. The summed E-state index contributed by atoms with van der Waals surface area (Å²) in [5.41, 5.74) is 2.33. The SMILES string of the molecule is O=C(Cc1csc(-c2ccc(F)cc2)n1)Nc1cccc(I)c1. The summed E-state index contributed by atoms with van der Waals surface area (Å²) < 4.78 is 14.0. The lowest BCUT2D eigenvalue weighted by atomic mass is 10.2. The van der Waals surface area contributed by atoms with Gasteiger partial charge in [0, 0.05) is 20.2 Å². The minimum Gasteiger partial charge on any atom is -0.326 e. The van der Waals surface area contributed by atoms with Crippen LogP contribution >= 0.6 is 33.9 Å². The van der Waals surface area contributed by atoms with E-state index in [0.29, 0.717) is 5.69 Å². The van der Waals surface area contributed by atoms with Crippen molar-refractivity contribution < 1.29 is 9.18 Å². The normalized spacial score (nSPS) is 10.5. The van der Waals surface area contributed by atoms with Crippen molar-refractivity contribution in [1.82, 2.24) is 4.98 Å². The summed E-state index contributed by atoms with van der Waals surface area (Å²) in [6.07, 6.45) is 0.211. The maximum atomic E-state index is 12.9. The quantitative estimate of drug-likeness (QED) is 0.599. The van der Waals surface area contributed by atoms with Gasteiger partial charge in [-0.1, -0.05) is 6.07 Å². The fourth-order valence-corrected chi connectivity index (χ4v) is 3.42. The fourth-order valence-electron chi connectivity index (χ4n) is 2.05. The van der Waals surface area contributed by atoms with Crippen LogP contribution in [0.25, 0.3) is 10.6 Å². The van der Waals surface area contributed by atoms with E-state index in [-0.39, 0.29) is 18.1 Å². The largest absolute Gasteiger partial charge is 0.326 e. The second-order valence-corrected chi connectivity index (χ2v) is 6.99. The lowest BCUT2D eigenvalue weighted by molar-refractivity contribution is -0.115. The molecule has 1 amide bonds. The third-order valence-electron chi connectivity index (χ3n) is 3.09. The molecule has 0 saturated carbocycles. The molecule has 1 aromatic heterocycles. The summed E-state index contributed by atoms with van der Waals surface area (Å²) in [6.45, 7) is 0. The van der Waals surface area contributed by atoms with E-state index >= 15 is 0 Å². The zero-order valence-corrected chi connectivity index (χ0v) is 14.9. The van der Waals surface area contributed by atoms with Crippen molar-refractivity contribution in [3.63, 3.8) is 0 Å². The minimum atomic E-state index is -0.276. The average Bonchev–Trinajstić information content (AvgIpc) is 2.96. The van der Waals surface area contributed by atoms with Crippen LogP contribution in [0.15, 0.2) is 53.9 Å². The average molecular weight is 438 g/mol. The molecule has 0 aliphatic rings. The number of thiazole rings is 1. The van der Waals surface area contributed by atoms with Crippen LogP contribution in [0.2, 0.25) is 0 Å². The number of nitrogens with one attached hydrogen (secondary N) is 1. The Hall–Kier alpha value is -1.80. The highest BCUT2D eigenvalue weighted by Gasteiger charge is 2.09. The molecule has 0 saturated heterocycles. The Morgan fingerprint density at radius 1 is 1.22 bits per heavy atom. The Bertz CT molecular complexity index is 833. The van der Waals surface area contributed by atoms with Crippen LogP contribution < -0.4 is 5.32 Å². The topological polar surface area (TPSA) is 42.0 Å². The molecule has 3 nitrogen and oxygen atoms in total. The molecule has 0 spiro atoms. The van der Waals surface area contributed by atoms with Gasteiger partial charge in [-0.25, -0.2) is 9.37 Å². The van der Waals surface area contributed by atoms with Crippen LogP contribution in [0.3, 0.4) is 0 Å². The van der Waals surface area contributed by atoms with Crippen molar-refractivity contribution >= 4 is 45.5 Å². The molecule has 0 atom stereocenters. The second kappa shape index (κ2) is 7.18. The summed E-state index contributed by atoms with van der Waals surface area (Å²) in [5, 5.41) is 5.49. The number of carbonyl (C=O) groups excluding carboxylic acids is 1. The molecule has 0 aliphatic heterocycles. The molecule has 23 heavy (non-hydrogen) atoms. The van der Waals surface area contributed by atoms with E-state index in [9.17, 15) is 9.18 Å². The third kappa shape index (κ3) is 4.35. The summed E-state index contributed by atoms with van der Waals surface area (Å²) in [6, 6.07) is 13.8. The number of aromatic nitrogens is 1. The molecule has 2 aromatic carbocycles. The van der Waals surface area contributed by atoms with Gasteiger partial charge >= 0.3 is 0 Å². The second-order valence-electron chi connectivity index (χ2n) is 4.89. The number of benzene rings is 2. The lowest BCUT2D eigenvalue weighted by Crippen LogP contribution is -2.14. The highest BCUT2D eigenvalue weighted by Crippen LogP contribution is 2.24. The standard InChI is InChI=1S/C17H12FIN2OS/c18-12-6-4-11(5-7-12)17-21-15(10-23-17)9-16(22)20-14-3-1-2-13(19)8-14/h1-8,10H,9H2,(H,20,22). The minimum absolute atomic E-state index is 0.108. The molecule has 0 bridgehead atoms. The van der Waals surface area contributed by atoms with E-state index in [1.54, 1.807) is 12.1 Å². The summed E-state index contributed by atoms with van der Waals surface area (Å²) in [4.78, 5) is 16.5. The lowest BCUT2D eigenvalue weighted by Gasteiger charge is -2.04. The molecule has 116 valence electrons. The molecule has 0 unspecified atom stereocenters. The number of halogens is 2. The van der Waals surface area contributed by atoms with Gasteiger partial charge in [-0.15, -0.1) is 11.3 Å². The maximum absolute atomic E-state index is 12.9. The van der Waals surface area contributed by atoms with Crippen molar-refractivity contribution in [2.45, 2.75) is 6.42 Å². The highest BCUT2D eigenvalue weighted by atomic mass is 127. The van der Waals surface area contributed by atoms with E-state index < -0.39 is 0 Å². The predicted octanol–water partition coefficient (Wildman–Crippen LogP) is 4.74. The monoisotopic (exact) mass is 438 g/mol. The number of nitrogens with zero attached hydrogens (tertiary/aromatic N) is 1. The smallest absolute Gasteiger partial charge is 0.230 e. The highest BCUT2D eigenvalue weighted by molar-refractivity contribution is 14.1. The molecule has 1 heterocycles. The number of carbonyl (C=O) groups is 1. The van der Waals surface area contributed by atoms with E-state index in [2.05, 4.69) is 32.9 Å². The van der Waals surface area contributed by atoms with Gasteiger partial charge in [-0.05, 0) is 65.1 Å². The van der Waals surface area contributed by atoms with Crippen molar-refractivity contribution in [3.8, 4) is 10.6 Å². The van der Waals surface area contributed by atoms with Crippen molar-refractivity contribution in [2.75, 3.05) is 5.32 Å². The van der Waals surface area contributed by atoms with Crippen LogP contribution in [0, 0.1) is 9.39 Å². The molecule has 0 radical (unpaired) electrons. The molecular formula is C17H12FIN2OS. The summed E-state index contributed by atoms with van der Waals surface area (Å²) >= 11 is 3.64. The van der Waals surface area contributed by atoms with E-state index in [1.807, 2.05) is 29.6 Å². The zero-order valence-electron chi connectivity index (χ0n) is 11.9. The predicted molar refractivity (Wildman–Crippen MR) is 99.0 cm³/mol. The molecule has 0 aliphatic carbocycles. The first kappa shape index (κ1) is 16.1. The van der Waals surface area contributed by atoms with Gasteiger partial charge in [-0.3, -0.25) is 4.79 Å². The van der Waals surface area contributed by atoms with Crippen LogP contribution in [0.4, 0.5) is 10.1 Å². The van der Waals surface area contributed by atoms with E-state index in [0.717, 1.165) is 19.8 Å². The van der Waals surface area contributed by atoms with E-state index in [4.69, 9.17) is 0 Å². The van der Waals surface area contributed by atoms with Crippen molar-refractivity contribution in [1.29, 1.82) is 0 Å². The van der Waals surface area contributed by atoms with Gasteiger partial charge in [0.15, 0.2) is 0 Å². The molecule has 3 aromatic rings. The van der Waals surface area contributed by atoms with Crippen molar-refractivity contribution in [2.24, 2.45) is 0 Å². The molecule has 3 rings (SSSR count). The van der Waals surface area contributed by atoms with Crippen LogP contribution in [0.5, 0.6) is 0 Å². The molecule has 1 N–H and O–H groups in total. The van der Waals surface area contributed by atoms with Gasteiger partial charge in [0.1, 0.15) is 10.8 Å². The Morgan fingerprint density at radius 2 is 2.00 bits per heavy atom. The first-order valence-electron chi connectivity index (χ1n) is 6.86. The zero-order chi connectivity index (χ0) is 16.2. The van der Waals surface area contributed by atoms with Crippen LogP contribution in [-0.2, 0) is 11.2 Å². The first-order valence-corrected chi connectivity index (χ1v) is 8.82. The Kier molecular flexibility index (Phi) is 5.02. The van der Waals surface area contributed by atoms with Crippen LogP contribution in [0.1, 0.15) is 5.69 Å². The van der Waals surface area contributed by atoms with E-state index in [1.165, 1.54) is 23.5 Å². The van der Waals surface area contributed by atoms with Gasteiger partial charge in [-0.2, -0.15) is 0 Å². The van der Waals surface area contributed by atoms with Gasteiger partial charge < -0.3 is 5.32 Å². The van der Waals surface area contributed by atoms with Gasteiger partial charge in [0.2, 0.25) is 5.91 Å². The number of rotatable bonds is 4. The number of hydrogen-bond acceptors (Lipinski definition) is 3. The number of amides is 1. The Morgan fingerprint density at radius 3 is 2.74 bits per heavy atom. The number of anilines is 1. The van der Waals surface area contributed by atoms with Gasteiger partial charge in [0.05, 0.1) is 12.1 Å². The summed E-state index contributed by atoms with van der Waals surface area (Å²) in [5.74, 6) is -0.384. The Balaban J connectivity index is 1.66. The summed E-state index contributed by atoms with van der Waals surface area (Å²) in [7, 11) is 0. The van der Waals surface area contributed by atoms with Crippen LogP contribution in [-0.4, -0.2) is 10.9 Å². The first-order chi connectivity index (χ1) is 11.1. The van der Waals surface area contributed by atoms with Crippen molar-refractivity contribution in [3.05, 3.63) is 69.0 Å². The molecular weight excluding hydrogens is 426 g/mol. The number of hydrogen-bond donors (Lipinski definition) is 1. The Labute approximate surface area is 150 Å². The fraction of sp³-hybridized carbons (Fsp3) is 0.0588.